The van der Waals surface area contributed by atoms with Crippen molar-refractivity contribution in [2.24, 2.45) is 0 Å². The van der Waals surface area contributed by atoms with E-state index in [1.54, 1.807) is 0 Å². The second-order valence-corrected chi connectivity index (χ2v) is 10.4. The maximum absolute atomic E-state index is 6.48. The molecule has 19 heavy (non-hydrogen) atoms. The SMILES string of the molecule is CC[Si](CC)(CC)Oc1ccc2ccccc2c1Br. The summed E-state index contributed by atoms with van der Waals surface area (Å²) in [7, 11) is -1.61. The Labute approximate surface area is 125 Å². The summed E-state index contributed by atoms with van der Waals surface area (Å²) in [5, 5.41) is 2.48. The molecule has 0 radical (unpaired) electrons. The van der Waals surface area contributed by atoms with Crippen molar-refractivity contribution in [3.8, 4) is 5.75 Å². The van der Waals surface area contributed by atoms with Crippen molar-refractivity contribution in [1.82, 2.24) is 0 Å². The molecule has 0 atom stereocenters. The molecule has 2 rings (SSSR count). The zero-order chi connectivity index (χ0) is 13.9. The molecule has 0 saturated carbocycles. The molecule has 0 aliphatic rings. The monoisotopic (exact) mass is 336 g/mol. The van der Waals surface area contributed by atoms with E-state index in [2.05, 4.69) is 73.1 Å². The fraction of sp³-hybridized carbons (Fsp3) is 0.375. The van der Waals surface area contributed by atoms with Gasteiger partial charge in [0.25, 0.3) is 8.32 Å². The summed E-state index contributed by atoms with van der Waals surface area (Å²) in [5.74, 6) is 1.01. The van der Waals surface area contributed by atoms with Crippen LogP contribution < -0.4 is 4.43 Å². The molecule has 0 saturated heterocycles. The zero-order valence-corrected chi connectivity index (χ0v) is 14.5. The number of fused-ring (bicyclic) bond motifs is 1. The van der Waals surface area contributed by atoms with Crippen LogP contribution in [0.4, 0.5) is 0 Å². The fourth-order valence-electron chi connectivity index (χ4n) is 2.49. The van der Waals surface area contributed by atoms with Crippen molar-refractivity contribution in [1.29, 1.82) is 0 Å². The van der Waals surface area contributed by atoms with Gasteiger partial charge in [-0.15, -0.1) is 0 Å². The highest BCUT2D eigenvalue weighted by Gasteiger charge is 2.31. The Balaban J connectivity index is 2.43. The van der Waals surface area contributed by atoms with Gasteiger partial charge >= 0.3 is 0 Å². The summed E-state index contributed by atoms with van der Waals surface area (Å²) in [4.78, 5) is 0. The Bertz CT molecular complexity index is 555. The summed E-state index contributed by atoms with van der Waals surface area (Å²) in [6.07, 6.45) is 0. The first-order valence-corrected chi connectivity index (χ1v) is 10.3. The van der Waals surface area contributed by atoms with Crippen LogP contribution >= 0.6 is 15.9 Å². The van der Waals surface area contributed by atoms with Crippen LogP contribution in [0.1, 0.15) is 20.8 Å². The van der Waals surface area contributed by atoms with Crippen molar-refractivity contribution in [2.45, 2.75) is 38.9 Å². The van der Waals surface area contributed by atoms with Gasteiger partial charge in [-0.3, -0.25) is 0 Å². The molecule has 102 valence electrons. The molecule has 3 heteroatoms. The van der Waals surface area contributed by atoms with Gasteiger partial charge < -0.3 is 4.43 Å². The first kappa shape index (κ1) is 14.6. The van der Waals surface area contributed by atoms with Crippen molar-refractivity contribution < 1.29 is 4.43 Å². The van der Waals surface area contributed by atoms with Crippen LogP contribution in [0.3, 0.4) is 0 Å². The molecule has 0 bridgehead atoms. The highest BCUT2D eigenvalue weighted by Crippen LogP contribution is 2.36. The molecule has 0 N–H and O–H groups in total. The maximum Gasteiger partial charge on any atom is 0.250 e. The Hall–Kier alpha value is -0.803. The van der Waals surface area contributed by atoms with Gasteiger partial charge in [0, 0.05) is 0 Å². The van der Waals surface area contributed by atoms with Crippen LogP contribution in [0, 0.1) is 0 Å². The van der Waals surface area contributed by atoms with Crippen molar-refractivity contribution in [2.75, 3.05) is 0 Å². The molecular formula is C16H21BrOSi. The molecule has 0 unspecified atom stereocenters. The first-order chi connectivity index (χ1) is 9.15. The molecule has 0 amide bonds. The average molecular weight is 337 g/mol. The largest absolute Gasteiger partial charge is 0.543 e. The maximum atomic E-state index is 6.48. The highest BCUT2D eigenvalue weighted by molar-refractivity contribution is 9.10. The van der Waals surface area contributed by atoms with Gasteiger partial charge in [-0.25, -0.2) is 0 Å². The molecule has 0 heterocycles. The minimum atomic E-state index is -1.61. The molecule has 0 fully saturated rings. The quantitative estimate of drug-likeness (QED) is 0.609. The number of hydrogen-bond donors (Lipinski definition) is 0. The molecule has 0 aliphatic carbocycles. The molecule has 0 aromatic heterocycles. The van der Waals surface area contributed by atoms with Crippen molar-refractivity contribution >= 4 is 35.0 Å². The second-order valence-electron chi connectivity index (χ2n) is 4.94. The topological polar surface area (TPSA) is 9.23 Å². The lowest BCUT2D eigenvalue weighted by molar-refractivity contribution is 0.530. The summed E-state index contributed by atoms with van der Waals surface area (Å²) in [5.41, 5.74) is 0. The van der Waals surface area contributed by atoms with E-state index in [0.717, 1.165) is 10.2 Å². The van der Waals surface area contributed by atoms with Gasteiger partial charge in [-0.05, 0) is 50.9 Å². The average Bonchev–Trinajstić information content (AvgIpc) is 2.48. The first-order valence-electron chi connectivity index (χ1n) is 7.02. The van der Waals surface area contributed by atoms with E-state index >= 15 is 0 Å². The van der Waals surface area contributed by atoms with Gasteiger partial charge in [0.2, 0.25) is 0 Å². The Morgan fingerprint density at radius 3 is 2.21 bits per heavy atom. The summed E-state index contributed by atoms with van der Waals surface area (Å²) in [6, 6.07) is 16.2. The van der Waals surface area contributed by atoms with E-state index < -0.39 is 8.32 Å². The number of benzene rings is 2. The van der Waals surface area contributed by atoms with E-state index in [0.29, 0.717) is 0 Å². The lowest BCUT2D eigenvalue weighted by Crippen LogP contribution is -2.39. The summed E-state index contributed by atoms with van der Waals surface area (Å²) < 4.78 is 7.58. The third kappa shape index (κ3) is 2.87. The smallest absolute Gasteiger partial charge is 0.250 e. The lowest BCUT2D eigenvalue weighted by Gasteiger charge is -2.29. The minimum Gasteiger partial charge on any atom is -0.543 e. The Morgan fingerprint density at radius 2 is 1.58 bits per heavy atom. The van der Waals surface area contributed by atoms with Crippen LogP contribution in [0.15, 0.2) is 40.9 Å². The standard InChI is InChI=1S/C16H21BrOSi/c1-4-19(5-2,6-3)18-15-12-11-13-9-7-8-10-14(13)16(15)17/h7-12H,4-6H2,1-3H3. The third-order valence-electron chi connectivity index (χ3n) is 4.09. The van der Waals surface area contributed by atoms with Gasteiger partial charge in [0.1, 0.15) is 5.75 Å². The number of halogens is 1. The van der Waals surface area contributed by atoms with E-state index in [1.807, 2.05) is 0 Å². The van der Waals surface area contributed by atoms with Crippen molar-refractivity contribution in [3.05, 3.63) is 40.9 Å². The molecular weight excluding hydrogens is 316 g/mol. The Morgan fingerprint density at radius 1 is 0.947 bits per heavy atom. The van der Waals surface area contributed by atoms with Crippen LogP contribution in [-0.2, 0) is 0 Å². The third-order valence-corrected chi connectivity index (χ3v) is 9.42. The fourth-order valence-corrected chi connectivity index (χ4v) is 5.79. The Kier molecular flexibility index (Phi) is 4.69. The van der Waals surface area contributed by atoms with Crippen LogP contribution in [0.5, 0.6) is 5.75 Å². The summed E-state index contributed by atoms with van der Waals surface area (Å²) in [6.45, 7) is 6.77. The van der Waals surface area contributed by atoms with Crippen LogP contribution in [-0.4, -0.2) is 8.32 Å². The molecule has 0 spiro atoms. The minimum absolute atomic E-state index is 1.01. The van der Waals surface area contributed by atoms with E-state index in [1.165, 1.54) is 28.9 Å². The van der Waals surface area contributed by atoms with Crippen LogP contribution in [0.25, 0.3) is 10.8 Å². The molecule has 1 nitrogen and oxygen atoms in total. The lowest BCUT2D eigenvalue weighted by atomic mass is 10.1. The highest BCUT2D eigenvalue weighted by atomic mass is 79.9. The molecule has 2 aromatic rings. The normalized spacial score (nSPS) is 11.8. The van der Waals surface area contributed by atoms with Gasteiger partial charge in [-0.2, -0.15) is 0 Å². The van der Waals surface area contributed by atoms with E-state index in [-0.39, 0.29) is 0 Å². The predicted molar refractivity (Wildman–Crippen MR) is 89.5 cm³/mol. The van der Waals surface area contributed by atoms with E-state index in [9.17, 15) is 0 Å². The number of rotatable bonds is 5. The van der Waals surface area contributed by atoms with Gasteiger partial charge in [-0.1, -0.05) is 51.1 Å². The van der Waals surface area contributed by atoms with Gasteiger partial charge in [0.15, 0.2) is 0 Å². The summed E-state index contributed by atoms with van der Waals surface area (Å²) >= 11 is 3.72. The van der Waals surface area contributed by atoms with Gasteiger partial charge in [0.05, 0.1) is 4.47 Å². The molecule has 2 aromatic carbocycles. The molecule has 0 aliphatic heterocycles. The van der Waals surface area contributed by atoms with Crippen LogP contribution in [0.2, 0.25) is 18.1 Å². The second kappa shape index (κ2) is 6.10. The van der Waals surface area contributed by atoms with E-state index in [4.69, 9.17) is 4.43 Å². The zero-order valence-electron chi connectivity index (χ0n) is 11.9. The van der Waals surface area contributed by atoms with Crippen molar-refractivity contribution in [3.63, 3.8) is 0 Å². The predicted octanol–water partition coefficient (Wildman–Crippen LogP) is 5.99. The number of hydrogen-bond acceptors (Lipinski definition) is 1.